The van der Waals surface area contributed by atoms with Gasteiger partial charge < -0.3 is 10.6 Å². The third-order valence-corrected chi connectivity index (χ3v) is 2.99. The number of anilines is 2. The summed E-state index contributed by atoms with van der Waals surface area (Å²) in [6, 6.07) is 11.5. The Morgan fingerprint density at radius 2 is 1.80 bits per heavy atom. The number of carbonyl (C=O) groups is 1. The Hall–Kier alpha value is -2.07. The predicted octanol–water partition coefficient (Wildman–Crippen LogP) is 3.84. The van der Waals surface area contributed by atoms with Crippen LogP contribution in [-0.2, 0) is 4.79 Å². The maximum atomic E-state index is 13.1. The van der Waals surface area contributed by atoms with Crippen LogP contribution in [0.15, 0.2) is 42.5 Å². The van der Waals surface area contributed by atoms with E-state index in [0.717, 1.165) is 0 Å². The Kier molecular flexibility index (Phi) is 4.58. The van der Waals surface area contributed by atoms with Crippen LogP contribution in [0.2, 0.25) is 5.02 Å². The number of rotatable bonds is 4. The minimum absolute atomic E-state index is 0.105. The third kappa shape index (κ3) is 3.96. The van der Waals surface area contributed by atoms with Gasteiger partial charge in [-0.1, -0.05) is 11.6 Å². The van der Waals surface area contributed by atoms with Crippen molar-refractivity contribution in [1.29, 1.82) is 0 Å². The molecule has 0 aliphatic rings. The fourth-order valence-corrected chi connectivity index (χ4v) is 1.80. The number of hydrogen-bond donors (Lipinski definition) is 2. The minimum atomic E-state index is -0.263. The summed E-state index contributed by atoms with van der Waals surface area (Å²) in [5, 5.41) is 6.28. The molecule has 20 heavy (non-hydrogen) atoms. The minimum Gasteiger partial charge on any atom is -0.376 e. The van der Waals surface area contributed by atoms with Crippen molar-refractivity contribution in [3.05, 3.63) is 58.9 Å². The van der Waals surface area contributed by atoms with Crippen LogP contribution in [0.25, 0.3) is 0 Å². The van der Waals surface area contributed by atoms with E-state index in [9.17, 15) is 9.18 Å². The first-order valence-electron chi connectivity index (χ1n) is 6.10. The molecule has 2 aromatic carbocycles. The number of benzene rings is 2. The molecule has 0 aliphatic carbocycles. The molecule has 0 saturated carbocycles. The standard InChI is InChI=1S/C15H14ClFN2O/c1-10-8-13(6-7-14(10)17)18-9-15(20)19-12-4-2-11(16)3-5-12/h2-8,18H,9H2,1H3,(H,19,20). The summed E-state index contributed by atoms with van der Waals surface area (Å²) in [5.41, 5.74) is 1.92. The van der Waals surface area contributed by atoms with Gasteiger partial charge in [-0.05, 0) is 55.0 Å². The zero-order valence-electron chi connectivity index (χ0n) is 10.9. The van der Waals surface area contributed by atoms with Gasteiger partial charge in [0.15, 0.2) is 0 Å². The Labute approximate surface area is 121 Å². The van der Waals surface area contributed by atoms with Gasteiger partial charge in [0.25, 0.3) is 0 Å². The maximum Gasteiger partial charge on any atom is 0.243 e. The van der Waals surface area contributed by atoms with Gasteiger partial charge >= 0.3 is 0 Å². The fraction of sp³-hybridized carbons (Fsp3) is 0.133. The van der Waals surface area contributed by atoms with Gasteiger partial charge in [-0.3, -0.25) is 4.79 Å². The van der Waals surface area contributed by atoms with Crippen molar-refractivity contribution in [1.82, 2.24) is 0 Å². The van der Waals surface area contributed by atoms with Crippen molar-refractivity contribution in [2.24, 2.45) is 0 Å². The molecule has 0 fully saturated rings. The molecule has 1 amide bonds. The summed E-state index contributed by atoms with van der Waals surface area (Å²) < 4.78 is 13.1. The average Bonchev–Trinajstić information content (AvgIpc) is 2.43. The van der Waals surface area contributed by atoms with Crippen molar-refractivity contribution in [2.45, 2.75) is 6.92 Å². The van der Waals surface area contributed by atoms with Crippen molar-refractivity contribution in [2.75, 3.05) is 17.2 Å². The lowest BCUT2D eigenvalue weighted by molar-refractivity contribution is -0.114. The third-order valence-electron chi connectivity index (χ3n) is 2.74. The van der Waals surface area contributed by atoms with Crippen LogP contribution >= 0.6 is 11.6 Å². The summed E-state index contributed by atoms with van der Waals surface area (Å²) in [6.45, 7) is 1.78. The van der Waals surface area contributed by atoms with Crippen molar-refractivity contribution >= 4 is 28.9 Å². The lowest BCUT2D eigenvalue weighted by Gasteiger charge is -2.08. The molecule has 0 aliphatic heterocycles. The van der Waals surface area contributed by atoms with Crippen molar-refractivity contribution in [3.8, 4) is 0 Å². The second-order valence-electron chi connectivity index (χ2n) is 4.37. The number of hydrogen-bond acceptors (Lipinski definition) is 2. The first-order valence-corrected chi connectivity index (χ1v) is 6.48. The molecular weight excluding hydrogens is 279 g/mol. The molecular formula is C15H14ClFN2O. The molecule has 2 aromatic rings. The Bertz CT molecular complexity index is 614. The first kappa shape index (κ1) is 14.3. The number of aryl methyl sites for hydroxylation is 1. The molecule has 0 aromatic heterocycles. The van der Waals surface area contributed by atoms with E-state index in [-0.39, 0.29) is 18.3 Å². The molecule has 0 saturated heterocycles. The van der Waals surface area contributed by atoms with Gasteiger partial charge in [0.2, 0.25) is 5.91 Å². The van der Waals surface area contributed by atoms with Gasteiger partial charge in [0, 0.05) is 16.4 Å². The van der Waals surface area contributed by atoms with Crippen LogP contribution in [0.4, 0.5) is 15.8 Å². The molecule has 3 nitrogen and oxygen atoms in total. The molecule has 0 bridgehead atoms. The Morgan fingerprint density at radius 3 is 2.45 bits per heavy atom. The number of halogens is 2. The topological polar surface area (TPSA) is 41.1 Å². The molecule has 0 spiro atoms. The number of carbonyl (C=O) groups excluding carboxylic acids is 1. The van der Waals surface area contributed by atoms with Crippen LogP contribution < -0.4 is 10.6 Å². The second-order valence-corrected chi connectivity index (χ2v) is 4.81. The van der Waals surface area contributed by atoms with Crippen LogP contribution in [-0.4, -0.2) is 12.5 Å². The molecule has 104 valence electrons. The van der Waals surface area contributed by atoms with E-state index >= 15 is 0 Å². The summed E-state index contributed by atoms with van der Waals surface area (Å²) in [5.74, 6) is -0.449. The molecule has 0 heterocycles. The lowest BCUT2D eigenvalue weighted by Crippen LogP contribution is -2.21. The Morgan fingerprint density at radius 1 is 1.15 bits per heavy atom. The highest BCUT2D eigenvalue weighted by molar-refractivity contribution is 6.30. The molecule has 0 atom stereocenters. The molecule has 5 heteroatoms. The fourth-order valence-electron chi connectivity index (χ4n) is 1.68. The van der Waals surface area contributed by atoms with Gasteiger partial charge in [-0.15, -0.1) is 0 Å². The Balaban J connectivity index is 1.88. The van der Waals surface area contributed by atoms with Crippen LogP contribution in [0, 0.1) is 12.7 Å². The zero-order chi connectivity index (χ0) is 14.5. The van der Waals surface area contributed by atoms with Crippen molar-refractivity contribution < 1.29 is 9.18 Å². The van der Waals surface area contributed by atoms with E-state index in [2.05, 4.69) is 10.6 Å². The van der Waals surface area contributed by atoms with Gasteiger partial charge in [0.1, 0.15) is 5.82 Å². The van der Waals surface area contributed by atoms with Crippen LogP contribution in [0.3, 0.4) is 0 Å². The van der Waals surface area contributed by atoms with Crippen LogP contribution in [0.1, 0.15) is 5.56 Å². The first-order chi connectivity index (χ1) is 9.54. The zero-order valence-corrected chi connectivity index (χ0v) is 11.7. The summed E-state index contributed by atoms with van der Waals surface area (Å²) in [6.07, 6.45) is 0. The van der Waals surface area contributed by atoms with E-state index in [1.165, 1.54) is 6.07 Å². The van der Waals surface area contributed by atoms with E-state index in [0.29, 0.717) is 22.0 Å². The quantitative estimate of drug-likeness (QED) is 0.899. The smallest absolute Gasteiger partial charge is 0.243 e. The summed E-state index contributed by atoms with van der Waals surface area (Å²) in [4.78, 5) is 11.7. The average molecular weight is 293 g/mol. The second kappa shape index (κ2) is 6.39. The van der Waals surface area contributed by atoms with Crippen molar-refractivity contribution in [3.63, 3.8) is 0 Å². The SMILES string of the molecule is Cc1cc(NCC(=O)Nc2ccc(Cl)cc2)ccc1F. The molecule has 2 rings (SSSR count). The van der Waals surface area contributed by atoms with E-state index in [4.69, 9.17) is 11.6 Å². The van der Waals surface area contributed by atoms with E-state index in [1.54, 1.807) is 43.3 Å². The largest absolute Gasteiger partial charge is 0.376 e. The predicted molar refractivity (Wildman–Crippen MR) is 79.7 cm³/mol. The van der Waals surface area contributed by atoms with Crippen LogP contribution in [0.5, 0.6) is 0 Å². The highest BCUT2D eigenvalue weighted by atomic mass is 35.5. The van der Waals surface area contributed by atoms with Gasteiger partial charge in [0.05, 0.1) is 6.54 Å². The molecule has 0 radical (unpaired) electrons. The monoisotopic (exact) mass is 292 g/mol. The highest BCUT2D eigenvalue weighted by Gasteiger charge is 2.03. The van der Waals surface area contributed by atoms with Gasteiger partial charge in [-0.2, -0.15) is 0 Å². The normalized spacial score (nSPS) is 10.2. The van der Waals surface area contributed by atoms with Gasteiger partial charge in [-0.25, -0.2) is 4.39 Å². The summed E-state index contributed by atoms with van der Waals surface area (Å²) in [7, 11) is 0. The number of amides is 1. The summed E-state index contributed by atoms with van der Waals surface area (Å²) >= 11 is 5.76. The molecule has 2 N–H and O–H groups in total. The number of nitrogens with one attached hydrogen (secondary N) is 2. The maximum absolute atomic E-state index is 13.1. The highest BCUT2D eigenvalue weighted by Crippen LogP contribution is 2.14. The van der Waals surface area contributed by atoms with E-state index in [1.807, 2.05) is 0 Å². The van der Waals surface area contributed by atoms with E-state index < -0.39 is 0 Å². The lowest BCUT2D eigenvalue weighted by atomic mass is 10.2. The molecule has 0 unspecified atom stereocenters.